The van der Waals surface area contributed by atoms with Crippen molar-refractivity contribution in [2.45, 2.75) is 26.8 Å². The smallest absolute Gasteiger partial charge is 0.227 e. The lowest BCUT2D eigenvalue weighted by Gasteiger charge is -2.24. The summed E-state index contributed by atoms with van der Waals surface area (Å²) in [6.45, 7) is 7.46. The summed E-state index contributed by atoms with van der Waals surface area (Å²) in [4.78, 5) is 14.3. The predicted molar refractivity (Wildman–Crippen MR) is 73.2 cm³/mol. The maximum absolute atomic E-state index is 12.4. The normalized spacial score (nSPS) is 18.9. The van der Waals surface area contributed by atoms with Crippen molar-refractivity contribution >= 4 is 5.91 Å². The van der Waals surface area contributed by atoms with Gasteiger partial charge in [0.25, 0.3) is 0 Å². The van der Waals surface area contributed by atoms with E-state index in [0.717, 1.165) is 32.6 Å². The van der Waals surface area contributed by atoms with E-state index in [1.807, 2.05) is 4.90 Å². The van der Waals surface area contributed by atoms with Gasteiger partial charge in [-0.2, -0.15) is 0 Å². The van der Waals surface area contributed by atoms with Gasteiger partial charge in [0.15, 0.2) is 0 Å². The number of benzene rings is 1. The Balaban J connectivity index is 2.02. The largest absolute Gasteiger partial charge is 0.338 e. The van der Waals surface area contributed by atoms with Crippen LogP contribution in [0.3, 0.4) is 0 Å². The highest BCUT2D eigenvalue weighted by Gasteiger charge is 2.26. The van der Waals surface area contributed by atoms with Gasteiger partial charge < -0.3 is 10.2 Å². The zero-order valence-corrected chi connectivity index (χ0v) is 11.3. The molecule has 0 bridgehead atoms. The van der Waals surface area contributed by atoms with Crippen molar-refractivity contribution < 1.29 is 4.79 Å². The Hall–Kier alpha value is -1.35. The molecule has 0 aromatic heterocycles. The number of aryl methyl sites for hydroxylation is 1. The van der Waals surface area contributed by atoms with Crippen molar-refractivity contribution in [3.63, 3.8) is 0 Å². The van der Waals surface area contributed by atoms with Crippen LogP contribution in [0, 0.1) is 12.8 Å². The van der Waals surface area contributed by atoms with Gasteiger partial charge in [0, 0.05) is 19.6 Å². The minimum Gasteiger partial charge on any atom is -0.338 e. The second-order valence-electron chi connectivity index (χ2n) is 5.03. The van der Waals surface area contributed by atoms with E-state index in [9.17, 15) is 4.79 Å². The average molecular weight is 246 g/mol. The highest BCUT2D eigenvalue weighted by Crippen LogP contribution is 2.14. The van der Waals surface area contributed by atoms with Gasteiger partial charge in [-0.05, 0) is 32.4 Å². The monoisotopic (exact) mass is 246 g/mol. The third kappa shape index (κ3) is 3.10. The fourth-order valence-electron chi connectivity index (χ4n) is 2.50. The molecule has 1 amide bonds. The summed E-state index contributed by atoms with van der Waals surface area (Å²) >= 11 is 0. The lowest BCUT2D eigenvalue weighted by Crippen LogP contribution is -2.36. The van der Waals surface area contributed by atoms with Gasteiger partial charge in [0.05, 0.1) is 5.92 Å². The van der Waals surface area contributed by atoms with Crippen LogP contribution in [0.2, 0.25) is 0 Å². The van der Waals surface area contributed by atoms with Gasteiger partial charge in [-0.3, -0.25) is 4.79 Å². The minimum absolute atomic E-state index is 0.176. The molecule has 1 saturated heterocycles. The van der Waals surface area contributed by atoms with Crippen molar-refractivity contribution in [2.24, 2.45) is 5.92 Å². The van der Waals surface area contributed by atoms with E-state index >= 15 is 0 Å². The van der Waals surface area contributed by atoms with Crippen molar-refractivity contribution in [2.75, 3.05) is 19.6 Å². The second-order valence-corrected chi connectivity index (χ2v) is 5.03. The van der Waals surface area contributed by atoms with E-state index < -0.39 is 0 Å². The fourth-order valence-corrected chi connectivity index (χ4v) is 2.50. The van der Waals surface area contributed by atoms with Crippen LogP contribution < -0.4 is 5.32 Å². The van der Waals surface area contributed by atoms with Crippen LogP contribution in [0.5, 0.6) is 0 Å². The maximum atomic E-state index is 12.4. The summed E-state index contributed by atoms with van der Waals surface area (Å²) in [5, 5.41) is 3.26. The van der Waals surface area contributed by atoms with Gasteiger partial charge in [0.1, 0.15) is 0 Å². The van der Waals surface area contributed by atoms with E-state index in [1.165, 1.54) is 11.1 Å². The SMILES string of the molecule is CCN(Cc1cccc(C)c1)C(=O)C1CCNC1. The van der Waals surface area contributed by atoms with Crippen LogP contribution in [-0.2, 0) is 11.3 Å². The molecule has 1 atom stereocenters. The van der Waals surface area contributed by atoms with Crippen LogP contribution in [0.15, 0.2) is 24.3 Å². The molecule has 0 radical (unpaired) electrons. The summed E-state index contributed by atoms with van der Waals surface area (Å²) in [6.07, 6.45) is 0.975. The van der Waals surface area contributed by atoms with Crippen molar-refractivity contribution in [1.29, 1.82) is 0 Å². The Morgan fingerprint density at radius 2 is 2.33 bits per heavy atom. The Bertz CT molecular complexity index is 411. The van der Waals surface area contributed by atoms with Gasteiger partial charge in [-0.25, -0.2) is 0 Å². The molecule has 1 unspecified atom stereocenters. The molecule has 1 aromatic rings. The Morgan fingerprint density at radius 3 is 2.94 bits per heavy atom. The molecule has 1 aliphatic heterocycles. The van der Waals surface area contributed by atoms with Crippen molar-refractivity contribution in [1.82, 2.24) is 10.2 Å². The number of amides is 1. The summed E-state index contributed by atoms with van der Waals surface area (Å²) in [5.41, 5.74) is 2.47. The molecule has 98 valence electrons. The first-order valence-corrected chi connectivity index (χ1v) is 6.75. The molecule has 3 nitrogen and oxygen atoms in total. The fraction of sp³-hybridized carbons (Fsp3) is 0.533. The molecule has 1 aliphatic rings. The molecule has 0 saturated carbocycles. The van der Waals surface area contributed by atoms with E-state index in [0.29, 0.717) is 5.91 Å². The molecule has 0 spiro atoms. The third-order valence-corrected chi connectivity index (χ3v) is 3.56. The first kappa shape index (κ1) is 13.1. The lowest BCUT2D eigenvalue weighted by atomic mass is 10.1. The van der Waals surface area contributed by atoms with Crippen LogP contribution in [0.1, 0.15) is 24.5 Å². The summed E-state index contributed by atoms with van der Waals surface area (Å²) in [5.74, 6) is 0.471. The Kier molecular flexibility index (Phi) is 4.37. The molecule has 18 heavy (non-hydrogen) atoms. The predicted octanol–water partition coefficient (Wildman–Crippen LogP) is 1.95. The second kappa shape index (κ2) is 6.01. The third-order valence-electron chi connectivity index (χ3n) is 3.56. The summed E-state index contributed by atoms with van der Waals surface area (Å²) < 4.78 is 0. The van der Waals surface area contributed by atoms with E-state index in [-0.39, 0.29) is 5.92 Å². The number of hydrogen-bond acceptors (Lipinski definition) is 2. The van der Waals surface area contributed by atoms with Crippen molar-refractivity contribution in [3.05, 3.63) is 35.4 Å². The molecule has 1 aromatic carbocycles. The maximum Gasteiger partial charge on any atom is 0.227 e. The molecule has 0 aliphatic carbocycles. The standard InChI is InChI=1S/C15H22N2O/c1-3-17(15(18)14-7-8-16-10-14)11-13-6-4-5-12(2)9-13/h4-6,9,14,16H,3,7-8,10-11H2,1-2H3. The van der Waals surface area contributed by atoms with Gasteiger partial charge in [-0.15, -0.1) is 0 Å². The first-order valence-electron chi connectivity index (χ1n) is 6.75. The van der Waals surface area contributed by atoms with Crippen LogP contribution in [0.4, 0.5) is 0 Å². The Labute approximate surface area is 109 Å². The van der Waals surface area contributed by atoms with E-state index in [4.69, 9.17) is 0 Å². The number of carbonyl (C=O) groups excluding carboxylic acids is 1. The zero-order chi connectivity index (χ0) is 13.0. The molecule has 1 N–H and O–H groups in total. The number of hydrogen-bond donors (Lipinski definition) is 1. The minimum atomic E-state index is 0.176. The lowest BCUT2D eigenvalue weighted by molar-refractivity contribution is -0.135. The van der Waals surface area contributed by atoms with Gasteiger partial charge >= 0.3 is 0 Å². The van der Waals surface area contributed by atoms with Crippen LogP contribution in [-0.4, -0.2) is 30.4 Å². The molecule has 2 rings (SSSR count). The highest BCUT2D eigenvalue weighted by atomic mass is 16.2. The number of carbonyl (C=O) groups is 1. The molecule has 1 heterocycles. The van der Waals surface area contributed by atoms with Gasteiger partial charge in [0.2, 0.25) is 5.91 Å². The molecule has 1 fully saturated rings. The van der Waals surface area contributed by atoms with Gasteiger partial charge in [-0.1, -0.05) is 29.8 Å². The number of rotatable bonds is 4. The van der Waals surface area contributed by atoms with E-state index in [2.05, 4.69) is 43.4 Å². The number of nitrogens with zero attached hydrogens (tertiary/aromatic N) is 1. The first-order chi connectivity index (χ1) is 8.70. The van der Waals surface area contributed by atoms with Crippen LogP contribution in [0.25, 0.3) is 0 Å². The van der Waals surface area contributed by atoms with Crippen LogP contribution >= 0.6 is 0 Å². The van der Waals surface area contributed by atoms with E-state index in [1.54, 1.807) is 0 Å². The molecule has 3 heteroatoms. The summed E-state index contributed by atoms with van der Waals surface area (Å²) in [6, 6.07) is 8.39. The Morgan fingerprint density at radius 1 is 1.50 bits per heavy atom. The quantitative estimate of drug-likeness (QED) is 0.880. The average Bonchev–Trinajstić information content (AvgIpc) is 2.89. The highest BCUT2D eigenvalue weighted by molar-refractivity contribution is 5.79. The molecular formula is C15H22N2O. The topological polar surface area (TPSA) is 32.3 Å². The summed E-state index contributed by atoms with van der Waals surface area (Å²) in [7, 11) is 0. The number of nitrogens with one attached hydrogen (secondary N) is 1. The molecular weight excluding hydrogens is 224 g/mol. The zero-order valence-electron chi connectivity index (χ0n) is 11.3. The van der Waals surface area contributed by atoms with Crippen molar-refractivity contribution in [3.8, 4) is 0 Å².